The molecule has 1 saturated heterocycles. The Morgan fingerprint density at radius 3 is 2.50 bits per heavy atom. The smallest absolute Gasteiger partial charge is 0.338 e. The third kappa shape index (κ3) is 4.73. The Morgan fingerprint density at radius 2 is 1.79 bits per heavy atom. The number of hydrogen-bond acceptors (Lipinski definition) is 5. The van der Waals surface area contributed by atoms with Gasteiger partial charge in [0.05, 0.1) is 10.5 Å². The zero-order chi connectivity index (χ0) is 20.1. The highest BCUT2D eigenvalue weighted by Gasteiger charge is 2.27. The predicted octanol–water partition coefficient (Wildman–Crippen LogP) is 2.41. The topological polar surface area (TPSA) is 92.8 Å². The van der Waals surface area contributed by atoms with E-state index in [-0.39, 0.29) is 16.1 Å². The maximum absolute atomic E-state index is 13.1. The largest absolute Gasteiger partial charge is 0.452 e. The standard InChI is InChI=1S/C19H19FN2O5S/c20-15-6-4-7-16(12-15)21-18(23)13-27-19(24)14-5-3-8-17(11-14)28(25,26)22-9-1-2-10-22/h3-8,11-12H,1-2,9-10,13H2,(H,21,23). The van der Waals surface area contributed by atoms with E-state index in [4.69, 9.17) is 4.74 Å². The predicted molar refractivity (Wildman–Crippen MR) is 99.7 cm³/mol. The molecule has 1 amide bonds. The van der Waals surface area contributed by atoms with Crippen molar-refractivity contribution < 1.29 is 27.1 Å². The summed E-state index contributed by atoms with van der Waals surface area (Å²) in [5, 5.41) is 2.40. The number of anilines is 1. The van der Waals surface area contributed by atoms with Crippen molar-refractivity contribution in [1.82, 2.24) is 4.31 Å². The molecule has 9 heteroatoms. The number of carbonyl (C=O) groups excluding carboxylic acids is 2. The second-order valence-electron chi connectivity index (χ2n) is 6.27. The van der Waals surface area contributed by atoms with Crippen molar-refractivity contribution in [2.75, 3.05) is 25.0 Å². The van der Waals surface area contributed by atoms with Crippen molar-refractivity contribution in [2.24, 2.45) is 0 Å². The number of nitrogens with one attached hydrogen (secondary N) is 1. The number of esters is 1. The summed E-state index contributed by atoms with van der Waals surface area (Å²) in [5.74, 6) is -1.97. The normalized spacial score (nSPS) is 14.6. The summed E-state index contributed by atoms with van der Waals surface area (Å²) in [7, 11) is -3.66. The van der Waals surface area contributed by atoms with Crippen LogP contribution in [0.5, 0.6) is 0 Å². The third-order valence-corrected chi connectivity index (χ3v) is 6.11. The highest BCUT2D eigenvalue weighted by Crippen LogP contribution is 2.21. The average molecular weight is 406 g/mol. The number of hydrogen-bond donors (Lipinski definition) is 1. The van der Waals surface area contributed by atoms with E-state index >= 15 is 0 Å². The lowest BCUT2D eigenvalue weighted by Gasteiger charge is -2.15. The molecule has 1 heterocycles. The maximum atomic E-state index is 13.1. The minimum absolute atomic E-state index is 0.00747. The quantitative estimate of drug-likeness (QED) is 0.744. The fourth-order valence-corrected chi connectivity index (χ4v) is 4.40. The van der Waals surface area contributed by atoms with Crippen molar-refractivity contribution in [3.05, 3.63) is 59.9 Å². The minimum Gasteiger partial charge on any atom is -0.452 e. The van der Waals surface area contributed by atoms with Crippen LogP contribution >= 0.6 is 0 Å². The van der Waals surface area contributed by atoms with E-state index in [1.54, 1.807) is 0 Å². The van der Waals surface area contributed by atoms with Gasteiger partial charge < -0.3 is 10.1 Å². The van der Waals surface area contributed by atoms with Crippen molar-refractivity contribution in [2.45, 2.75) is 17.7 Å². The van der Waals surface area contributed by atoms with Crippen LogP contribution in [-0.4, -0.2) is 44.3 Å². The van der Waals surface area contributed by atoms with Crippen molar-refractivity contribution in [3.8, 4) is 0 Å². The lowest BCUT2D eigenvalue weighted by molar-refractivity contribution is -0.119. The van der Waals surface area contributed by atoms with E-state index in [9.17, 15) is 22.4 Å². The number of nitrogens with zero attached hydrogens (tertiary/aromatic N) is 1. The zero-order valence-corrected chi connectivity index (χ0v) is 15.7. The second kappa shape index (κ2) is 8.49. The molecule has 0 aromatic heterocycles. The highest BCUT2D eigenvalue weighted by atomic mass is 32.2. The molecule has 1 aliphatic rings. The first-order chi connectivity index (χ1) is 13.4. The third-order valence-electron chi connectivity index (χ3n) is 4.22. The Hall–Kier alpha value is -2.78. The fraction of sp³-hybridized carbons (Fsp3) is 0.263. The molecule has 1 fully saturated rings. The molecule has 0 radical (unpaired) electrons. The molecule has 148 valence electrons. The number of halogens is 1. The van der Waals surface area contributed by atoms with Gasteiger partial charge in [-0.3, -0.25) is 4.79 Å². The lowest BCUT2D eigenvalue weighted by atomic mass is 10.2. The van der Waals surface area contributed by atoms with Gasteiger partial charge in [-0.15, -0.1) is 0 Å². The number of benzene rings is 2. The number of rotatable bonds is 6. The first-order valence-electron chi connectivity index (χ1n) is 8.69. The fourth-order valence-electron chi connectivity index (χ4n) is 2.84. The van der Waals surface area contributed by atoms with E-state index < -0.39 is 34.3 Å². The van der Waals surface area contributed by atoms with Crippen LogP contribution in [0.3, 0.4) is 0 Å². The molecule has 3 rings (SSSR count). The molecule has 2 aromatic rings. The van der Waals surface area contributed by atoms with Gasteiger partial charge in [-0.25, -0.2) is 17.6 Å². The van der Waals surface area contributed by atoms with Gasteiger partial charge in [0.1, 0.15) is 5.82 Å². The Labute approximate surface area is 162 Å². The Balaban J connectivity index is 1.62. The summed E-state index contributed by atoms with van der Waals surface area (Å²) in [6.45, 7) is 0.326. The molecular formula is C19H19FN2O5S. The number of amides is 1. The molecule has 7 nitrogen and oxygen atoms in total. The number of ether oxygens (including phenoxy) is 1. The lowest BCUT2D eigenvalue weighted by Crippen LogP contribution is -2.28. The van der Waals surface area contributed by atoms with E-state index in [0.29, 0.717) is 13.1 Å². The second-order valence-corrected chi connectivity index (χ2v) is 8.21. The molecular weight excluding hydrogens is 387 g/mol. The summed E-state index contributed by atoms with van der Waals surface area (Å²) in [4.78, 5) is 24.0. The van der Waals surface area contributed by atoms with Gasteiger partial charge in [0.15, 0.2) is 6.61 Å². The molecule has 0 spiro atoms. The summed E-state index contributed by atoms with van der Waals surface area (Å²) < 4.78 is 44.6. The van der Waals surface area contributed by atoms with Gasteiger partial charge in [-0.1, -0.05) is 12.1 Å². The molecule has 0 unspecified atom stereocenters. The molecule has 0 bridgehead atoms. The monoisotopic (exact) mass is 406 g/mol. The molecule has 0 atom stereocenters. The molecule has 28 heavy (non-hydrogen) atoms. The van der Waals surface area contributed by atoms with Gasteiger partial charge in [-0.2, -0.15) is 4.31 Å². The Kier molecular flexibility index (Phi) is 6.05. The minimum atomic E-state index is -3.66. The highest BCUT2D eigenvalue weighted by molar-refractivity contribution is 7.89. The van der Waals surface area contributed by atoms with Crippen LogP contribution in [0, 0.1) is 5.82 Å². The Bertz CT molecular complexity index is 987. The number of sulfonamides is 1. The van der Waals surface area contributed by atoms with Crippen LogP contribution in [0.2, 0.25) is 0 Å². The van der Waals surface area contributed by atoms with Gasteiger partial charge in [0.2, 0.25) is 10.0 Å². The van der Waals surface area contributed by atoms with E-state index in [2.05, 4.69) is 5.32 Å². The van der Waals surface area contributed by atoms with Crippen molar-refractivity contribution >= 4 is 27.6 Å². The molecule has 2 aromatic carbocycles. The van der Waals surface area contributed by atoms with Gasteiger partial charge >= 0.3 is 5.97 Å². The molecule has 0 aliphatic carbocycles. The van der Waals surface area contributed by atoms with E-state index in [0.717, 1.165) is 18.9 Å². The van der Waals surface area contributed by atoms with E-state index in [1.807, 2.05) is 0 Å². The van der Waals surface area contributed by atoms with Gasteiger partial charge in [0.25, 0.3) is 5.91 Å². The Morgan fingerprint density at radius 1 is 1.07 bits per heavy atom. The summed E-state index contributed by atoms with van der Waals surface area (Å²) in [5.41, 5.74) is 0.263. The van der Waals surface area contributed by atoms with E-state index in [1.165, 1.54) is 46.8 Å². The average Bonchev–Trinajstić information content (AvgIpc) is 3.22. The summed E-state index contributed by atoms with van der Waals surface area (Å²) in [6.07, 6.45) is 1.61. The SMILES string of the molecule is O=C(COC(=O)c1cccc(S(=O)(=O)N2CCCC2)c1)Nc1cccc(F)c1. The van der Waals surface area contributed by atoms with Crippen LogP contribution in [0.1, 0.15) is 23.2 Å². The number of carbonyl (C=O) groups is 2. The van der Waals surface area contributed by atoms with Gasteiger partial charge in [-0.05, 0) is 49.2 Å². The first kappa shape index (κ1) is 20.0. The van der Waals surface area contributed by atoms with Gasteiger partial charge in [0, 0.05) is 18.8 Å². The van der Waals surface area contributed by atoms with Crippen molar-refractivity contribution in [3.63, 3.8) is 0 Å². The van der Waals surface area contributed by atoms with Crippen molar-refractivity contribution in [1.29, 1.82) is 0 Å². The zero-order valence-electron chi connectivity index (χ0n) is 14.9. The first-order valence-corrected chi connectivity index (χ1v) is 10.1. The summed E-state index contributed by atoms with van der Waals surface area (Å²) >= 11 is 0. The molecule has 0 saturated carbocycles. The van der Waals surface area contributed by atoms with Crippen LogP contribution in [0.25, 0.3) is 0 Å². The molecule has 1 aliphatic heterocycles. The van der Waals surface area contributed by atoms with Crippen LogP contribution in [-0.2, 0) is 19.6 Å². The maximum Gasteiger partial charge on any atom is 0.338 e. The van der Waals surface area contributed by atoms with Crippen LogP contribution in [0.15, 0.2) is 53.4 Å². The molecule has 1 N–H and O–H groups in total. The van der Waals surface area contributed by atoms with Crippen LogP contribution < -0.4 is 5.32 Å². The summed E-state index contributed by atoms with van der Waals surface area (Å²) in [6, 6.07) is 10.8. The van der Waals surface area contributed by atoms with Crippen LogP contribution in [0.4, 0.5) is 10.1 Å².